The largest absolute Gasteiger partial charge is 0.495 e. The van der Waals surface area contributed by atoms with Crippen molar-refractivity contribution in [2.45, 2.75) is 36.5 Å². The van der Waals surface area contributed by atoms with Gasteiger partial charge in [-0.15, -0.1) is 0 Å². The summed E-state index contributed by atoms with van der Waals surface area (Å²) in [6.45, 7) is 4.09. The number of ether oxygens (including phenoxy) is 1. The zero-order valence-corrected chi connectivity index (χ0v) is 26.0. The first-order valence-electron chi connectivity index (χ1n) is 13.5. The first-order valence-corrected chi connectivity index (χ1v) is 16.4. The molecule has 3 N–H and O–H groups in total. The smallest absolute Gasteiger partial charge is 0.274 e. The van der Waals surface area contributed by atoms with Gasteiger partial charge in [-0.25, -0.2) is 30.5 Å². The van der Waals surface area contributed by atoms with E-state index in [4.69, 9.17) is 10.1 Å². The molecule has 1 aliphatic heterocycles. The first-order chi connectivity index (χ1) is 20.2. The molecule has 43 heavy (non-hydrogen) atoms. The van der Waals surface area contributed by atoms with Crippen molar-refractivity contribution in [2.75, 3.05) is 27.2 Å². The Morgan fingerprint density at radius 1 is 1.23 bits per heavy atom. The molecule has 2 unspecified atom stereocenters. The van der Waals surface area contributed by atoms with Crippen molar-refractivity contribution in [1.82, 2.24) is 24.2 Å². The Kier molecular flexibility index (Phi) is 9.00. The quantitative estimate of drug-likeness (QED) is 0.379. The summed E-state index contributed by atoms with van der Waals surface area (Å²) in [4.78, 5) is 17.1. The number of allylic oxidation sites excluding steroid dienone is 3. The van der Waals surface area contributed by atoms with Crippen LogP contribution in [0, 0.1) is 17.2 Å². The Balaban J connectivity index is 1.72. The summed E-state index contributed by atoms with van der Waals surface area (Å²) in [7, 11) is -5.85. The second-order valence-corrected chi connectivity index (χ2v) is 14.6. The maximum absolute atomic E-state index is 15.8. The highest BCUT2D eigenvalue weighted by Gasteiger charge is 2.58. The maximum Gasteiger partial charge on any atom is 0.274 e. The van der Waals surface area contributed by atoms with E-state index >= 15 is 4.39 Å². The number of sulfonamides is 2. The lowest BCUT2D eigenvalue weighted by Crippen LogP contribution is -2.73. The second-order valence-electron chi connectivity index (χ2n) is 10.5. The van der Waals surface area contributed by atoms with Crippen molar-refractivity contribution in [1.29, 1.82) is 5.41 Å². The molecule has 1 aliphatic carbocycles. The summed E-state index contributed by atoms with van der Waals surface area (Å²) < 4.78 is 77.6. The van der Waals surface area contributed by atoms with Gasteiger partial charge in [-0.3, -0.25) is 10.2 Å². The van der Waals surface area contributed by atoms with Crippen molar-refractivity contribution < 1.29 is 30.8 Å². The van der Waals surface area contributed by atoms with E-state index < -0.39 is 66.9 Å². The van der Waals surface area contributed by atoms with Gasteiger partial charge < -0.3 is 15.4 Å². The number of hydrogen-bond acceptors (Lipinski definition) is 8. The predicted octanol–water partition coefficient (Wildman–Crippen LogP) is 2.46. The van der Waals surface area contributed by atoms with Crippen LogP contribution in [0.1, 0.15) is 31.3 Å². The van der Waals surface area contributed by atoms with Crippen LogP contribution in [0.15, 0.2) is 77.2 Å². The van der Waals surface area contributed by atoms with Crippen LogP contribution in [0.3, 0.4) is 0 Å². The Hall–Kier alpha value is -3.82. The molecule has 0 radical (unpaired) electrons. The lowest BCUT2D eigenvalue weighted by molar-refractivity contribution is 0.0946. The minimum atomic E-state index is -4.38. The number of hydrogen-bond donors (Lipinski definition) is 3. The molecular formula is C28H35FN6O6S2. The van der Waals surface area contributed by atoms with E-state index in [1.807, 2.05) is 0 Å². The highest BCUT2D eigenvalue weighted by Crippen LogP contribution is 2.44. The number of pyridine rings is 1. The number of guanidine groups is 1. The molecule has 4 rings (SSSR count). The third-order valence-electron chi connectivity index (χ3n) is 8.03. The summed E-state index contributed by atoms with van der Waals surface area (Å²) in [5, 5.41) is 12.5. The second kappa shape index (κ2) is 12.1. The van der Waals surface area contributed by atoms with Crippen LogP contribution in [0.25, 0.3) is 0 Å². The van der Waals surface area contributed by atoms with Crippen molar-refractivity contribution in [3.05, 3.63) is 78.0 Å². The Labute approximate surface area is 251 Å². The van der Waals surface area contributed by atoms with Gasteiger partial charge in [-0.1, -0.05) is 32.0 Å². The monoisotopic (exact) mass is 634 g/mol. The molecule has 1 amide bonds. The maximum atomic E-state index is 15.8. The SMILES string of the molecule is CCN(C[C@H]1[C@@](C)(C2C(F)=CC=C(NC(=O)c3ccc(OC)cn3)C2C)NC(=N)N(C)S1(=O)=O)S(=O)(=O)c1ccccc1. The van der Waals surface area contributed by atoms with Gasteiger partial charge in [-0.2, -0.15) is 4.31 Å². The average molecular weight is 635 g/mol. The van der Waals surface area contributed by atoms with Crippen molar-refractivity contribution in [3.63, 3.8) is 0 Å². The molecule has 0 spiro atoms. The van der Waals surface area contributed by atoms with Gasteiger partial charge in [0.25, 0.3) is 5.91 Å². The molecule has 2 aliphatic rings. The fourth-order valence-corrected chi connectivity index (χ4v) is 9.02. The standard InChI is InChI=1S/C28H35FN6O6S2/c1-6-35(42(37,38)20-10-8-7-9-11-20)17-24-28(3,33-27(30)34(4)43(24,39)40)25-18(2)22(15-13-21(25)29)32-26(36)23-14-12-19(41-5)16-31-23/h7-16,18,24-25H,6,17H2,1-5H3,(H2,30,33)(H,32,36)/t18?,24-,25?,28-/m0/s1. The number of amides is 1. The molecule has 2 heterocycles. The zero-order valence-electron chi connectivity index (χ0n) is 24.4. The summed E-state index contributed by atoms with van der Waals surface area (Å²) >= 11 is 0. The topological polar surface area (TPSA) is 162 Å². The molecule has 15 heteroatoms. The number of methoxy groups -OCH3 is 1. The summed E-state index contributed by atoms with van der Waals surface area (Å²) in [6.07, 6.45) is 3.91. The molecule has 232 valence electrons. The summed E-state index contributed by atoms with van der Waals surface area (Å²) in [5.41, 5.74) is -1.34. The molecule has 1 saturated heterocycles. The summed E-state index contributed by atoms with van der Waals surface area (Å²) in [6, 6.07) is 10.6. The molecule has 1 aromatic heterocycles. The van der Waals surface area contributed by atoms with E-state index in [0.29, 0.717) is 11.4 Å². The minimum Gasteiger partial charge on any atom is -0.495 e. The van der Waals surface area contributed by atoms with Crippen LogP contribution in [0.5, 0.6) is 5.75 Å². The number of aromatic nitrogens is 1. The molecule has 2 aromatic rings. The third kappa shape index (κ3) is 5.88. The average Bonchev–Trinajstić information content (AvgIpc) is 2.98. The van der Waals surface area contributed by atoms with E-state index in [1.165, 1.54) is 51.6 Å². The van der Waals surface area contributed by atoms with Crippen LogP contribution >= 0.6 is 0 Å². The normalized spacial score (nSPS) is 25.4. The van der Waals surface area contributed by atoms with Crippen molar-refractivity contribution >= 4 is 31.9 Å². The van der Waals surface area contributed by atoms with Crippen LogP contribution in [0.4, 0.5) is 4.39 Å². The van der Waals surface area contributed by atoms with Crippen LogP contribution in [-0.2, 0) is 20.0 Å². The van der Waals surface area contributed by atoms with Crippen LogP contribution < -0.4 is 15.4 Å². The van der Waals surface area contributed by atoms with Gasteiger partial charge in [0.2, 0.25) is 26.0 Å². The molecule has 4 atom stereocenters. The lowest BCUT2D eigenvalue weighted by Gasteiger charge is -2.52. The lowest BCUT2D eigenvalue weighted by atomic mass is 9.71. The third-order valence-corrected chi connectivity index (χ3v) is 12.3. The van der Waals surface area contributed by atoms with E-state index in [1.54, 1.807) is 38.1 Å². The van der Waals surface area contributed by atoms with Gasteiger partial charge in [0, 0.05) is 37.7 Å². The number of benzene rings is 1. The minimum absolute atomic E-state index is 0.0157. The van der Waals surface area contributed by atoms with Gasteiger partial charge in [0.05, 0.1) is 23.7 Å². The van der Waals surface area contributed by atoms with E-state index in [2.05, 4.69) is 15.6 Å². The van der Waals surface area contributed by atoms with Gasteiger partial charge >= 0.3 is 0 Å². The number of carbonyl (C=O) groups excluding carboxylic acids is 1. The van der Waals surface area contributed by atoms with Crippen molar-refractivity contribution in [3.8, 4) is 5.75 Å². The molecular weight excluding hydrogens is 599 g/mol. The Morgan fingerprint density at radius 2 is 1.91 bits per heavy atom. The fourth-order valence-electron chi connectivity index (χ4n) is 5.56. The van der Waals surface area contributed by atoms with E-state index in [-0.39, 0.29) is 17.1 Å². The predicted molar refractivity (Wildman–Crippen MR) is 159 cm³/mol. The van der Waals surface area contributed by atoms with E-state index in [0.717, 1.165) is 14.7 Å². The number of halogens is 1. The number of rotatable bonds is 9. The molecule has 1 fully saturated rings. The van der Waals surface area contributed by atoms with Gasteiger partial charge in [0.1, 0.15) is 22.5 Å². The number of carbonyl (C=O) groups is 1. The van der Waals surface area contributed by atoms with Crippen LogP contribution in [0.2, 0.25) is 0 Å². The van der Waals surface area contributed by atoms with Gasteiger partial charge in [0.15, 0.2) is 0 Å². The molecule has 12 nitrogen and oxygen atoms in total. The Morgan fingerprint density at radius 3 is 2.49 bits per heavy atom. The van der Waals surface area contributed by atoms with Crippen molar-refractivity contribution in [2.24, 2.45) is 11.8 Å². The van der Waals surface area contributed by atoms with E-state index in [9.17, 15) is 21.6 Å². The highest BCUT2D eigenvalue weighted by atomic mass is 32.2. The number of nitrogens with zero attached hydrogens (tertiary/aromatic N) is 3. The molecule has 0 saturated carbocycles. The highest BCUT2D eigenvalue weighted by molar-refractivity contribution is 7.91. The summed E-state index contributed by atoms with van der Waals surface area (Å²) in [5.74, 6) is -3.31. The van der Waals surface area contributed by atoms with Gasteiger partial charge in [-0.05, 0) is 43.3 Å². The zero-order chi connectivity index (χ0) is 31.7. The first kappa shape index (κ1) is 32.1. The Bertz CT molecular complexity index is 1660. The number of nitrogens with one attached hydrogen (secondary N) is 3. The fraction of sp³-hybridized carbons (Fsp3) is 0.393. The molecule has 0 bridgehead atoms. The van der Waals surface area contributed by atoms with Crippen LogP contribution in [-0.4, -0.2) is 80.3 Å². The molecule has 1 aromatic carbocycles.